The first-order chi connectivity index (χ1) is 16.1. The Morgan fingerprint density at radius 1 is 1.24 bits per heavy atom. The van der Waals surface area contributed by atoms with E-state index in [1.54, 1.807) is 0 Å². The van der Waals surface area contributed by atoms with Crippen molar-refractivity contribution in [3.8, 4) is 5.75 Å². The molecule has 4 N–H and O–H groups in total. The van der Waals surface area contributed by atoms with Crippen LogP contribution in [-0.2, 0) is 19.2 Å². The molecular formula is C20H22ClN5O8. The van der Waals surface area contributed by atoms with Crippen molar-refractivity contribution in [2.45, 2.75) is 37.8 Å². The zero-order valence-electron chi connectivity index (χ0n) is 17.8. The van der Waals surface area contributed by atoms with Crippen molar-refractivity contribution in [2.24, 2.45) is 0 Å². The highest BCUT2D eigenvalue weighted by Gasteiger charge is 2.44. The number of urea groups is 1. The fourth-order valence-corrected chi connectivity index (χ4v) is 3.83. The third-order valence-corrected chi connectivity index (χ3v) is 5.61. The summed E-state index contributed by atoms with van der Waals surface area (Å²) in [6.07, 6.45) is 0.0302. The van der Waals surface area contributed by atoms with Crippen molar-refractivity contribution in [1.82, 2.24) is 25.8 Å². The smallest absolute Gasteiger partial charge is 0.358 e. The first-order valence-electron chi connectivity index (χ1n) is 10.3. The second kappa shape index (κ2) is 10.4. The Kier molecular flexibility index (Phi) is 7.56. The number of hydrogen-bond acceptors (Lipinski definition) is 7. The van der Waals surface area contributed by atoms with Crippen LogP contribution in [0.25, 0.3) is 0 Å². The number of phenolic OH excluding ortho intramolecular Hbond substituents is 1. The van der Waals surface area contributed by atoms with Crippen molar-refractivity contribution in [3.63, 3.8) is 0 Å². The van der Waals surface area contributed by atoms with Crippen molar-refractivity contribution in [1.29, 1.82) is 0 Å². The number of rotatable bonds is 7. The number of carboxylic acid groups (broad SMARTS) is 1. The van der Waals surface area contributed by atoms with Crippen molar-refractivity contribution in [3.05, 3.63) is 28.8 Å². The average molecular weight is 496 g/mol. The molecular weight excluding hydrogens is 474 g/mol. The number of aldehydes is 1. The number of phenols is 1. The molecule has 182 valence electrons. The molecule has 2 atom stereocenters. The minimum atomic E-state index is -1.31. The van der Waals surface area contributed by atoms with Gasteiger partial charge in [-0.15, -0.1) is 0 Å². The summed E-state index contributed by atoms with van der Waals surface area (Å²) >= 11 is 5.83. The van der Waals surface area contributed by atoms with Gasteiger partial charge in [-0.25, -0.2) is 19.8 Å². The number of carbonyl (C=O) groups excluding carboxylic acids is 5. The molecule has 1 aromatic carbocycles. The number of nitrogens with one attached hydrogen (secondary N) is 2. The highest BCUT2D eigenvalue weighted by Crippen LogP contribution is 2.25. The normalized spacial score (nSPS) is 19.1. The van der Waals surface area contributed by atoms with Crippen LogP contribution >= 0.6 is 11.6 Å². The number of benzene rings is 1. The minimum absolute atomic E-state index is 0.0402. The number of halogens is 1. The fourth-order valence-electron chi connectivity index (χ4n) is 3.65. The number of hydrazine groups is 2. The molecule has 0 bridgehead atoms. The summed E-state index contributed by atoms with van der Waals surface area (Å²) in [4.78, 5) is 73.5. The van der Waals surface area contributed by atoms with Crippen molar-refractivity contribution in [2.75, 3.05) is 13.1 Å². The van der Waals surface area contributed by atoms with Gasteiger partial charge < -0.3 is 20.3 Å². The topological polar surface area (TPSA) is 177 Å². The summed E-state index contributed by atoms with van der Waals surface area (Å²) in [7, 11) is 0. The monoisotopic (exact) mass is 495 g/mol. The Morgan fingerprint density at radius 2 is 1.97 bits per heavy atom. The number of hydrogen-bond donors (Lipinski definition) is 4. The molecule has 0 radical (unpaired) electrons. The van der Waals surface area contributed by atoms with Gasteiger partial charge in [-0.1, -0.05) is 11.6 Å². The quantitative estimate of drug-likeness (QED) is 0.378. The molecule has 2 aliphatic rings. The molecule has 34 heavy (non-hydrogen) atoms. The summed E-state index contributed by atoms with van der Waals surface area (Å²) in [6, 6.07) is 0.318. The number of aliphatic carboxylic acids is 1. The highest BCUT2D eigenvalue weighted by molar-refractivity contribution is 6.32. The molecule has 1 aromatic rings. The summed E-state index contributed by atoms with van der Waals surface area (Å²) in [5, 5.41) is 23.5. The summed E-state index contributed by atoms with van der Waals surface area (Å²) in [5.74, 6) is -3.52. The van der Waals surface area contributed by atoms with Gasteiger partial charge in [0.1, 0.15) is 18.1 Å². The maximum Gasteiger partial charge on any atom is 0.358 e. The standard InChI is InChI=1S/C20H22ClN5O8/c21-13-8-11(3-4-15(13)28)18(32)23-24-7-5-16(29)25-6-1-2-14(26(25)20(24)34)19(33)22-12(10-27)9-17(30)31/h3-4,8,10,12,14,28H,1-2,5-7,9H2,(H,22,33)(H,23,32)(H,30,31)/t12-,14-/m0/s1. The minimum Gasteiger partial charge on any atom is -0.506 e. The Hall–Kier alpha value is -3.87. The largest absolute Gasteiger partial charge is 0.506 e. The maximum atomic E-state index is 13.3. The number of aromatic hydroxyl groups is 1. The highest BCUT2D eigenvalue weighted by atomic mass is 35.5. The molecule has 14 heteroatoms. The van der Waals surface area contributed by atoms with Gasteiger partial charge in [-0.3, -0.25) is 24.6 Å². The van der Waals surface area contributed by atoms with E-state index in [9.17, 15) is 33.9 Å². The predicted octanol–water partition coefficient (Wildman–Crippen LogP) is -0.117. The molecule has 2 heterocycles. The number of nitrogens with zero attached hydrogens (tertiary/aromatic N) is 3. The predicted molar refractivity (Wildman–Crippen MR) is 114 cm³/mol. The van der Waals surface area contributed by atoms with Crippen LogP contribution in [0.5, 0.6) is 5.75 Å². The lowest BCUT2D eigenvalue weighted by molar-refractivity contribution is -0.155. The molecule has 5 amide bonds. The van der Waals surface area contributed by atoms with Crippen molar-refractivity contribution >= 4 is 47.6 Å². The van der Waals surface area contributed by atoms with Gasteiger partial charge in [-0.2, -0.15) is 0 Å². The number of carboxylic acids is 1. The van der Waals surface area contributed by atoms with E-state index >= 15 is 0 Å². The van der Waals surface area contributed by atoms with E-state index in [0.717, 1.165) is 15.0 Å². The van der Waals surface area contributed by atoms with Gasteiger partial charge in [0, 0.05) is 18.5 Å². The van der Waals surface area contributed by atoms with Crippen LogP contribution in [0.3, 0.4) is 0 Å². The molecule has 3 rings (SSSR count). The van der Waals surface area contributed by atoms with E-state index in [4.69, 9.17) is 16.7 Å². The fraction of sp³-hybridized carbons (Fsp3) is 0.400. The second-order valence-corrected chi connectivity index (χ2v) is 8.07. The van der Waals surface area contributed by atoms with E-state index in [1.165, 1.54) is 18.2 Å². The van der Waals surface area contributed by atoms with Crippen LogP contribution < -0.4 is 10.7 Å². The summed E-state index contributed by atoms with van der Waals surface area (Å²) in [5.41, 5.74) is 2.42. The third-order valence-electron chi connectivity index (χ3n) is 5.30. The van der Waals surface area contributed by atoms with Gasteiger partial charge in [0.25, 0.3) is 5.91 Å². The lowest BCUT2D eigenvalue weighted by Gasteiger charge is -2.42. The SMILES string of the molecule is O=C[C@H](CC(=O)O)NC(=O)[C@@H]1CCCN2C(=O)CCN(NC(=O)c3ccc(O)c(Cl)c3)C(=O)N12. The lowest BCUT2D eigenvalue weighted by Crippen LogP contribution is -2.64. The maximum absolute atomic E-state index is 13.3. The summed E-state index contributed by atoms with van der Waals surface area (Å²) in [6.45, 7) is -0.0114. The van der Waals surface area contributed by atoms with Crippen LogP contribution in [0.2, 0.25) is 5.02 Å². The molecule has 2 aliphatic heterocycles. The first-order valence-corrected chi connectivity index (χ1v) is 10.7. The van der Waals surface area contributed by atoms with E-state index in [2.05, 4.69) is 10.7 Å². The zero-order valence-corrected chi connectivity index (χ0v) is 18.5. The Labute approximate surface area is 198 Å². The van der Waals surface area contributed by atoms with Crippen LogP contribution in [-0.4, -0.2) is 86.4 Å². The summed E-state index contributed by atoms with van der Waals surface area (Å²) < 4.78 is 0. The zero-order chi connectivity index (χ0) is 25.0. The van der Waals surface area contributed by atoms with Crippen LogP contribution in [0, 0.1) is 0 Å². The van der Waals surface area contributed by atoms with Gasteiger partial charge in [0.05, 0.1) is 24.0 Å². The number of carbonyl (C=O) groups is 6. The van der Waals surface area contributed by atoms with E-state index in [-0.39, 0.29) is 48.6 Å². The first kappa shape index (κ1) is 24.8. The third kappa shape index (κ3) is 5.36. The van der Waals surface area contributed by atoms with Crippen LogP contribution in [0.15, 0.2) is 18.2 Å². The van der Waals surface area contributed by atoms with Gasteiger partial charge in [0.15, 0.2) is 0 Å². The number of fused-ring (bicyclic) bond motifs is 1. The Bertz CT molecular complexity index is 1030. The molecule has 0 unspecified atom stereocenters. The lowest BCUT2D eigenvalue weighted by atomic mass is 10.1. The van der Waals surface area contributed by atoms with E-state index in [1.807, 2.05) is 0 Å². The second-order valence-electron chi connectivity index (χ2n) is 7.66. The van der Waals surface area contributed by atoms with E-state index in [0.29, 0.717) is 6.42 Å². The molecule has 0 aromatic heterocycles. The van der Waals surface area contributed by atoms with Crippen LogP contribution in [0.1, 0.15) is 36.0 Å². The molecule has 2 saturated heterocycles. The molecule has 13 nitrogen and oxygen atoms in total. The van der Waals surface area contributed by atoms with Crippen molar-refractivity contribution < 1.29 is 39.0 Å². The van der Waals surface area contributed by atoms with E-state index < -0.39 is 48.2 Å². The molecule has 2 fully saturated rings. The van der Waals surface area contributed by atoms with Gasteiger partial charge >= 0.3 is 12.0 Å². The molecule has 0 aliphatic carbocycles. The number of amides is 5. The van der Waals surface area contributed by atoms with Crippen LogP contribution in [0.4, 0.5) is 4.79 Å². The molecule has 0 spiro atoms. The van der Waals surface area contributed by atoms with Gasteiger partial charge in [-0.05, 0) is 31.0 Å². The molecule has 0 saturated carbocycles. The van der Waals surface area contributed by atoms with Gasteiger partial charge in [0.2, 0.25) is 11.8 Å². The average Bonchev–Trinajstić information content (AvgIpc) is 2.92. The Morgan fingerprint density at radius 3 is 2.62 bits per heavy atom. The Balaban J connectivity index is 1.82.